The second-order valence-corrected chi connectivity index (χ2v) is 11.0. The maximum Gasteiger partial charge on any atom is 0.410 e. The highest BCUT2D eigenvalue weighted by molar-refractivity contribution is 8.00. The molecule has 8 heteroatoms. The predicted octanol–water partition coefficient (Wildman–Crippen LogP) is 4.99. The summed E-state index contributed by atoms with van der Waals surface area (Å²) in [5.41, 5.74) is 2.41. The minimum atomic E-state index is -0.559. The van der Waals surface area contributed by atoms with Crippen molar-refractivity contribution in [2.45, 2.75) is 62.7 Å². The molecule has 2 heterocycles. The van der Waals surface area contributed by atoms with Crippen LogP contribution in [0, 0.1) is 0 Å². The van der Waals surface area contributed by atoms with Crippen LogP contribution in [0.5, 0.6) is 5.75 Å². The Balaban J connectivity index is 1.60. The summed E-state index contributed by atoms with van der Waals surface area (Å²) in [5, 5.41) is 3.70. The van der Waals surface area contributed by atoms with Crippen LogP contribution in [0.25, 0.3) is 0 Å². The number of ether oxygens (including phenoxy) is 2. The normalized spacial score (nSPS) is 20.4. The highest BCUT2D eigenvalue weighted by atomic mass is 32.2. The lowest BCUT2D eigenvalue weighted by atomic mass is 9.90. The van der Waals surface area contributed by atoms with Crippen molar-refractivity contribution in [3.63, 3.8) is 0 Å². The number of piperidine rings is 1. The van der Waals surface area contributed by atoms with Crippen molar-refractivity contribution in [2.75, 3.05) is 31.4 Å². The van der Waals surface area contributed by atoms with Crippen LogP contribution in [-0.4, -0.2) is 55.0 Å². The maximum atomic E-state index is 13.2. The van der Waals surface area contributed by atoms with Gasteiger partial charge in [0.05, 0.1) is 24.6 Å². The van der Waals surface area contributed by atoms with Crippen molar-refractivity contribution < 1.29 is 19.1 Å². The molecule has 2 aromatic carbocycles. The predicted molar refractivity (Wildman–Crippen MR) is 139 cm³/mol. The van der Waals surface area contributed by atoms with E-state index in [2.05, 4.69) is 17.4 Å². The zero-order valence-corrected chi connectivity index (χ0v) is 22.0. The van der Waals surface area contributed by atoms with E-state index in [0.717, 1.165) is 40.3 Å². The number of nitrogens with zero attached hydrogens (tertiary/aromatic N) is 2. The number of rotatable bonds is 5. The number of hydrogen-bond acceptors (Lipinski definition) is 6. The van der Waals surface area contributed by atoms with Gasteiger partial charge >= 0.3 is 6.09 Å². The van der Waals surface area contributed by atoms with Gasteiger partial charge in [0.1, 0.15) is 11.4 Å². The van der Waals surface area contributed by atoms with Gasteiger partial charge in [-0.1, -0.05) is 30.3 Å². The highest BCUT2D eigenvalue weighted by Crippen LogP contribution is 2.40. The summed E-state index contributed by atoms with van der Waals surface area (Å²) in [7, 11) is 3.49. The molecule has 1 fully saturated rings. The first-order valence-corrected chi connectivity index (χ1v) is 13.0. The molecule has 2 aliphatic heterocycles. The van der Waals surface area contributed by atoms with Gasteiger partial charge in [-0.2, -0.15) is 0 Å². The quantitative estimate of drug-likeness (QED) is 0.627. The molecule has 35 heavy (non-hydrogen) atoms. The number of carbonyl (C=O) groups excluding carboxylic acids is 2. The Labute approximate surface area is 212 Å². The second kappa shape index (κ2) is 10.5. The van der Waals surface area contributed by atoms with Gasteiger partial charge < -0.3 is 19.7 Å². The topological polar surface area (TPSA) is 71.1 Å². The summed E-state index contributed by atoms with van der Waals surface area (Å²) >= 11 is 1.54. The van der Waals surface area contributed by atoms with Gasteiger partial charge in [0, 0.05) is 36.6 Å². The fourth-order valence-corrected chi connectivity index (χ4v) is 5.71. The number of methoxy groups -OCH3 is 1. The fourth-order valence-electron chi connectivity index (χ4n) is 4.71. The first-order valence-electron chi connectivity index (χ1n) is 12.1. The second-order valence-electron chi connectivity index (χ2n) is 10.0. The lowest BCUT2D eigenvalue weighted by Crippen LogP contribution is -2.51. The van der Waals surface area contributed by atoms with E-state index in [1.807, 2.05) is 63.1 Å². The van der Waals surface area contributed by atoms with Crippen LogP contribution in [0.3, 0.4) is 0 Å². The summed E-state index contributed by atoms with van der Waals surface area (Å²) in [6, 6.07) is 14.1. The van der Waals surface area contributed by atoms with E-state index in [9.17, 15) is 9.59 Å². The fraction of sp³-hybridized carbons (Fsp3) is 0.481. The Hall–Kier alpha value is -2.71. The largest absolute Gasteiger partial charge is 0.496 e. The Bertz CT molecular complexity index is 1070. The van der Waals surface area contributed by atoms with Crippen LogP contribution in [0.4, 0.5) is 10.5 Å². The van der Waals surface area contributed by atoms with E-state index in [1.165, 1.54) is 0 Å². The van der Waals surface area contributed by atoms with E-state index >= 15 is 0 Å². The number of amides is 2. The lowest BCUT2D eigenvalue weighted by molar-refractivity contribution is -0.116. The number of carbonyl (C=O) groups is 2. The monoisotopic (exact) mass is 497 g/mol. The molecule has 1 saturated heterocycles. The molecule has 7 nitrogen and oxygen atoms in total. The number of benzene rings is 2. The van der Waals surface area contributed by atoms with Gasteiger partial charge in [-0.05, 0) is 51.3 Å². The van der Waals surface area contributed by atoms with Gasteiger partial charge in [0.15, 0.2) is 0 Å². The smallest absolute Gasteiger partial charge is 0.410 e. The van der Waals surface area contributed by atoms with E-state index in [-0.39, 0.29) is 24.1 Å². The molecule has 0 aromatic heterocycles. The molecule has 2 unspecified atom stereocenters. The average molecular weight is 498 g/mol. The molecule has 0 spiro atoms. The molecule has 2 aromatic rings. The van der Waals surface area contributed by atoms with Gasteiger partial charge in [-0.3, -0.25) is 9.69 Å². The van der Waals surface area contributed by atoms with Crippen molar-refractivity contribution in [3.8, 4) is 5.75 Å². The van der Waals surface area contributed by atoms with Gasteiger partial charge in [-0.15, -0.1) is 11.8 Å². The first kappa shape index (κ1) is 25.4. The first-order chi connectivity index (χ1) is 16.7. The summed E-state index contributed by atoms with van der Waals surface area (Å²) < 4.78 is 11.5. The van der Waals surface area contributed by atoms with Gasteiger partial charge in [0.2, 0.25) is 5.91 Å². The number of anilines is 1. The molecule has 2 amide bonds. The standard InChI is InChI=1S/C27H35N3O4S/c1-27(2,3)34-26(32)30-13-9-12-20(25(30)18-10-7-6-8-11-18)28-16-19-14-21-23(15-22(19)33-5)35-17-24(31)29(21)4/h6-8,10-11,14-15,20,25,28H,9,12-13,16-17H2,1-5H3. The summed E-state index contributed by atoms with van der Waals surface area (Å²) in [4.78, 5) is 30.0. The van der Waals surface area contributed by atoms with E-state index < -0.39 is 5.60 Å². The SMILES string of the molecule is COc1cc2c(cc1CNC1CCCN(C(=O)OC(C)(C)C)C1c1ccccc1)N(C)C(=O)CS2. The third-order valence-corrected chi connectivity index (χ3v) is 7.43. The molecular formula is C27H35N3O4S. The lowest BCUT2D eigenvalue weighted by Gasteiger charge is -2.42. The maximum absolute atomic E-state index is 13.2. The van der Waals surface area contributed by atoms with Crippen molar-refractivity contribution in [1.29, 1.82) is 0 Å². The zero-order chi connectivity index (χ0) is 25.2. The van der Waals surface area contributed by atoms with Gasteiger partial charge in [-0.25, -0.2) is 4.79 Å². The number of thioether (sulfide) groups is 1. The Morgan fingerprint density at radius 2 is 1.94 bits per heavy atom. The molecule has 0 saturated carbocycles. The summed E-state index contributed by atoms with van der Waals surface area (Å²) in [5.74, 6) is 1.32. The van der Waals surface area contributed by atoms with Crippen molar-refractivity contribution in [2.24, 2.45) is 0 Å². The van der Waals surface area contributed by atoms with E-state index in [4.69, 9.17) is 9.47 Å². The van der Waals surface area contributed by atoms with Gasteiger partial charge in [0.25, 0.3) is 0 Å². The van der Waals surface area contributed by atoms with Crippen molar-refractivity contribution >= 4 is 29.4 Å². The van der Waals surface area contributed by atoms with E-state index in [0.29, 0.717) is 18.8 Å². The van der Waals surface area contributed by atoms with Crippen LogP contribution in [0.1, 0.15) is 50.8 Å². The van der Waals surface area contributed by atoms with Crippen LogP contribution in [0.2, 0.25) is 0 Å². The Morgan fingerprint density at radius 3 is 2.63 bits per heavy atom. The molecule has 4 rings (SSSR count). The number of fused-ring (bicyclic) bond motifs is 1. The molecule has 1 N–H and O–H groups in total. The van der Waals surface area contributed by atoms with Crippen LogP contribution in [-0.2, 0) is 16.1 Å². The summed E-state index contributed by atoms with van der Waals surface area (Å²) in [6.45, 7) is 6.89. The molecule has 2 atom stereocenters. The van der Waals surface area contributed by atoms with Crippen LogP contribution >= 0.6 is 11.8 Å². The molecule has 0 bridgehead atoms. The number of nitrogens with one attached hydrogen (secondary N) is 1. The molecular weight excluding hydrogens is 462 g/mol. The molecule has 0 aliphatic carbocycles. The van der Waals surface area contributed by atoms with Crippen LogP contribution in [0.15, 0.2) is 47.4 Å². The Kier molecular flexibility index (Phi) is 7.62. The van der Waals surface area contributed by atoms with Crippen molar-refractivity contribution in [3.05, 3.63) is 53.6 Å². The summed E-state index contributed by atoms with van der Waals surface area (Å²) in [6.07, 6.45) is 1.52. The van der Waals surface area contributed by atoms with Crippen molar-refractivity contribution in [1.82, 2.24) is 10.2 Å². The number of hydrogen-bond donors (Lipinski definition) is 1. The highest BCUT2D eigenvalue weighted by Gasteiger charge is 2.37. The molecule has 188 valence electrons. The van der Waals surface area contributed by atoms with Crippen LogP contribution < -0.4 is 15.0 Å². The molecule has 2 aliphatic rings. The third-order valence-electron chi connectivity index (χ3n) is 6.40. The average Bonchev–Trinajstić information content (AvgIpc) is 2.84. The minimum Gasteiger partial charge on any atom is -0.496 e. The number of likely N-dealkylation sites (tertiary alicyclic amines) is 1. The third kappa shape index (κ3) is 5.76. The zero-order valence-electron chi connectivity index (χ0n) is 21.2. The molecule has 0 radical (unpaired) electrons. The Morgan fingerprint density at radius 1 is 1.20 bits per heavy atom. The van der Waals surface area contributed by atoms with E-state index in [1.54, 1.807) is 23.8 Å². The minimum absolute atomic E-state index is 0.0353.